The number of hydrogen-bond donors (Lipinski definition) is 2. The fourth-order valence-corrected chi connectivity index (χ4v) is 4.45. The summed E-state index contributed by atoms with van der Waals surface area (Å²) in [5.41, 5.74) is -0.390. The molecule has 0 aliphatic rings. The maximum atomic E-state index is 14.2. The Bertz CT molecular complexity index is 1010. The zero-order chi connectivity index (χ0) is 17.6. The standard InChI is InChI=1S/C12H11FN2O6S2/c1-22(18,19)10-4-6(3-7(13)11(10)23(2,20)21)8-5-9(12(16)17)15-14-8/h3-5H,1-2H3,(H,14,15)(H,16,17). The number of benzene rings is 1. The van der Waals surface area contributed by atoms with Crippen LogP contribution in [0.15, 0.2) is 28.0 Å². The number of aromatic carboxylic acids is 1. The molecule has 1 aromatic carbocycles. The first-order chi connectivity index (χ1) is 10.4. The van der Waals surface area contributed by atoms with Gasteiger partial charge in [0.1, 0.15) is 16.4 Å². The van der Waals surface area contributed by atoms with E-state index in [4.69, 9.17) is 5.11 Å². The smallest absolute Gasteiger partial charge is 0.353 e. The van der Waals surface area contributed by atoms with Gasteiger partial charge in [-0.2, -0.15) is 5.10 Å². The van der Waals surface area contributed by atoms with Crippen molar-refractivity contribution in [3.8, 4) is 11.3 Å². The van der Waals surface area contributed by atoms with Crippen molar-refractivity contribution in [3.63, 3.8) is 0 Å². The minimum atomic E-state index is -4.13. The molecule has 23 heavy (non-hydrogen) atoms. The van der Waals surface area contributed by atoms with E-state index in [2.05, 4.69) is 10.2 Å². The molecule has 0 unspecified atom stereocenters. The van der Waals surface area contributed by atoms with E-state index in [1.165, 1.54) is 0 Å². The largest absolute Gasteiger partial charge is 0.477 e. The quantitative estimate of drug-likeness (QED) is 0.818. The highest BCUT2D eigenvalue weighted by atomic mass is 32.2. The van der Waals surface area contributed by atoms with E-state index in [0.29, 0.717) is 6.26 Å². The Balaban J connectivity index is 2.79. The van der Waals surface area contributed by atoms with Crippen molar-refractivity contribution in [3.05, 3.63) is 29.7 Å². The van der Waals surface area contributed by atoms with Crippen LogP contribution in [0.3, 0.4) is 0 Å². The Morgan fingerprint density at radius 2 is 1.74 bits per heavy atom. The summed E-state index contributed by atoms with van der Waals surface area (Å²) in [5, 5.41) is 14.6. The molecule has 0 aliphatic carbocycles. The second kappa shape index (κ2) is 5.42. The van der Waals surface area contributed by atoms with Gasteiger partial charge in [0, 0.05) is 18.1 Å². The van der Waals surface area contributed by atoms with Gasteiger partial charge in [-0.3, -0.25) is 5.10 Å². The number of rotatable bonds is 4. The molecule has 0 saturated carbocycles. The molecule has 0 atom stereocenters. The SMILES string of the molecule is CS(=O)(=O)c1cc(-c2cc(C(=O)O)[nH]n2)cc(F)c1S(C)(=O)=O. The molecule has 2 aromatic rings. The van der Waals surface area contributed by atoms with Crippen LogP contribution in [-0.2, 0) is 19.7 Å². The van der Waals surface area contributed by atoms with Gasteiger partial charge in [0.25, 0.3) is 0 Å². The summed E-state index contributed by atoms with van der Waals surface area (Å²) in [5.74, 6) is -2.56. The molecule has 0 aliphatic heterocycles. The summed E-state index contributed by atoms with van der Waals surface area (Å²) in [6.07, 6.45) is 1.43. The minimum Gasteiger partial charge on any atom is -0.477 e. The molecule has 1 aromatic heterocycles. The van der Waals surface area contributed by atoms with Gasteiger partial charge in [-0.05, 0) is 18.2 Å². The number of carboxylic acid groups (broad SMARTS) is 1. The van der Waals surface area contributed by atoms with Crippen molar-refractivity contribution in [2.45, 2.75) is 9.79 Å². The molecule has 0 saturated heterocycles. The lowest BCUT2D eigenvalue weighted by Crippen LogP contribution is -2.10. The molecular weight excluding hydrogens is 351 g/mol. The van der Waals surface area contributed by atoms with Crippen LogP contribution < -0.4 is 0 Å². The predicted octanol–water partition coefficient (Wildman–Crippen LogP) is 0.721. The molecule has 124 valence electrons. The number of nitrogens with zero attached hydrogens (tertiary/aromatic N) is 1. The Labute approximate surface area is 130 Å². The highest BCUT2D eigenvalue weighted by Crippen LogP contribution is 2.30. The molecule has 1 heterocycles. The number of sulfone groups is 2. The summed E-state index contributed by atoms with van der Waals surface area (Å²) in [7, 11) is -8.18. The topological polar surface area (TPSA) is 134 Å². The van der Waals surface area contributed by atoms with Gasteiger partial charge >= 0.3 is 5.97 Å². The van der Waals surface area contributed by atoms with Crippen molar-refractivity contribution in [2.75, 3.05) is 12.5 Å². The van der Waals surface area contributed by atoms with E-state index in [-0.39, 0.29) is 17.0 Å². The molecular formula is C12H11FN2O6S2. The summed E-state index contributed by atoms with van der Waals surface area (Å²) < 4.78 is 61.1. The number of hydrogen-bond acceptors (Lipinski definition) is 6. The van der Waals surface area contributed by atoms with Crippen LogP contribution in [0.4, 0.5) is 4.39 Å². The van der Waals surface area contributed by atoms with Crippen LogP contribution in [0.1, 0.15) is 10.5 Å². The van der Waals surface area contributed by atoms with Crippen molar-refractivity contribution in [1.82, 2.24) is 10.2 Å². The number of aromatic amines is 1. The fraction of sp³-hybridized carbons (Fsp3) is 0.167. The summed E-state index contributed by atoms with van der Waals surface area (Å²) in [4.78, 5) is 9.16. The normalized spacial score (nSPS) is 12.3. The lowest BCUT2D eigenvalue weighted by atomic mass is 10.1. The van der Waals surface area contributed by atoms with E-state index in [0.717, 1.165) is 24.5 Å². The lowest BCUT2D eigenvalue weighted by molar-refractivity contribution is 0.0690. The molecule has 11 heteroatoms. The first-order valence-corrected chi connectivity index (χ1v) is 9.72. The molecule has 8 nitrogen and oxygen atoms in total. The Kier molecular flexibility index (Phi) is 4.03. The van der Waals surface area contributed by atoms with Crippen LogP contribution >= 0.6 is 0 Å². The van der Waals surface area contributed by atoms with Crippen molar-refractivity contribution in [1.29, 1.82) is 0 Å². The maximum absolute atomic E-state index is 14.2. The van der Waals surface area contributed by atoms with Gasteiger partial charge in [0.15, 0.2) is 19.7 Å². The summed E-state index contributed by atoms with van der Waals surface area (Å²) in [6.45, 7) is 0. The maximum Gasteiger partial charge on any atom is 0.353 e. The minimum absolute atomic E-state index is 0.0359. The molecule has 0 bridgehead atoms. The van der Waals surface area contributed by atoms with Crippen LogP contribution in [-0.4, -0.2) is 50.6 Å². The molecule has 2 N–H and O–H groups in total. The monoisotopic (exact) mass is 362 g/mol. The Morgan fingerprint density at radius 1 is 1.13 bits per heavy atom. The summed E-state index contributed by atoms with van der Waals surface area (Å²) in [6, 6.07) is 2.80. The highest BCUT2D eigenvalue weighted by Gasteiger charge is 2.26. The van der Waals surface area contributed by atoms with Crippen molar-refractivity contribution in [2.24, 2.45) is 0 Å². The number of carboxylic acids is 1. The number of H-pyrrole nitrogens is 1. The van der Waals surface area contributed by atoms with Gasteiger partial charge in [0.05, 0.1) is 10.6 Å². The van der Waals surface area contributed by atoms with Gasteiger partial charge < -0.3 is 5.11 Å². The van der Waals surface area contributed by atoms with E-state index in [9.17, 15) is 26.0 Å². The highest BCUT2D eigenvalue weighted by molar-refractivity contribution is 7.93. The second-order valence-electron chi connectivity index (χ2n) is 4.80. The molecule has 2 rings (SSSR count). The predicted molar refractivity (Wildman–Crippen MR) is 77.2 cm³/mol. The van der Waals surface area contributed by atoms with Gasteiger partial charge in [-0.25, -0.2) is 26.0 Å². The first kappa shape index (κ1) is 17.1. The zero-order valence-corrected chi connectivity index (χ0v) is 13.5. The lowest BCUT2D eigenvalue weighted by Gasteiger charge is -2.09. The van der Waals surface area contributed by atoms with Crippen molar-refractivity contribution < 1.29 is 31.1 Å². The van der Waals surface area contributed by atoms with Gasteiger partial charge in [0.2, 0.25) is 0 Å². The average molecular weight is 362 g/mol. The van der Waals surface area contributed by atoms with Gasteiger partial charge in [-0.1, -0.05) is 0 Å². The fourth-order valence-electron chi connectivity index (χ4n) is 1.93. The Hall–Kier alpha value is -2.27. The van der Waals surface area contributed by atoms with Crippen molar-refractivity contribution >= 4 is 25.6 Å². The van der Waals surface area contributed by atoms with Crippen LogP contribution in [0.2, 0.25) is 0 Å². The van der Waals surface area contributed by atoms with Gasteiger partial charge in [-0.15, -0.1) is 0 Å². The molecule has 0 amide bonds. The third kappa shape index (κ3) is 3.40. The first-order valence-electron chi connectivity index (χ1n) is 5.94. The van der Waals surface area contributed by atoms with E-state index < -0.39 is 41.3 Å². The molecule has 0 spiro atoms. The van der Waals surface area contributed by atoms with E-state index >= 15 is 0 Å². The molecule has 0 radical (unpaired) electrons. The number of nitrogens with one attached hydrogen (secondary N) is 1. The van der Waals surface area contributed by atoms with E-state index in [1.54, 1.807) is 0 Å². The third-order valence-corrected chi connectivity index (χ3v) is 5.29. The second-order valence-corrected chi connectivity index (χ2v) is 8.74. The van der Waals surface area contributed by atoms with Crippen LogP contribution in [0.25, 0.3) is 11.3 Å². The Morgan fingerprint density at radius 3 is 2.17 bits per heavy atom. The average Bonchev–Trinajstić information content (AvgIpc) is 2.84. The third-order valence-electron chi connectivity index (χ3n) is 2.88. The van der Waals surface area contributed by atoms with E-state index in [1.807, 2.05) is 0 Å². The number of aromatic nitrogens is 2. The number of carbonyl (C=O) groups is 1. The van der Waals surface area contributed by atoms with Crippen LogP contribution in [0, 0.1) is 5.82 Å². The molecule has 0 fully saturated rings. The summed E-state index contributed by atoms with van der Waals surface area (Å²) >= 11 is 0. The zero-order valence-electron chi connectivity index (χ0n) is 11.9. The number of halogens is 1. The van der Waals surface area contributed by atoms with Crippen LogP contribution in [0.5, 0.6) is 0 Å².